The Balaban J connectivity index is 1.17. The molecule has 2 aromatic rings. The number of amides is 4. The molecule has 3 fully saturated rings. The maximum absolute atomic E-state index is 12.9. The molecule has 1 aliphatic carbocycles. The topological polar surface area (TPSA) is 153 Å². The van der Waals surface area contributed by atoms with E-state index in [2.05, 4.69) is 21.6 Å². The third kappa shape index (κ3) is 7.24. The number of esters is 1. The Kier molecular flexibility index (Phi) is 9.58. The van der Waals surface area contributed by atoms with Crippen molar-refractivity contribution in [3.05, 3.63) is 58.7 Å². The van der Waals surface area contributed by atoms with E-state index in [1.165, 1.54) is 7.11 Å². The Labute approximate surface area is 257 Å². The third-order valence-corrected chi connectivity index (χ3v) is 8.47. The van der Waals surface area contributed by atoms with Gasteiger partial charge in [-0.05, 0) is 74.1 Å². The summed E-state index contributed by atoms with van der Waals surface area (Å²) in [6, 6.07) is 10.2. The lowest BCUT2D eigenvalue weighted by Crippen LogP contribution is -2.46. The number of carbonyl (C=O) groups excluding carboxylic acids is 4. The number of carbonyl (C=O) groups is 4. The van der Waals surface area contributed by atoms with Crippen LogP contribution >= 0.6 is 0 Å². The van der Waals surface area contributed by atoms with Crippen LogP contribution in [0.2, 0.25) is 0 Å². The van der Waals surface area contributed by atoms with E-state index in [9.17, 15) is 19.2 Å². The Morgan fingerprint density at radius 3 is 2.41 bits per heavy atom. The van der Waals surface area contributed by atoms with Gasteiger partial charge in [0, 0.05) is 62.4 Å². The number of hydrogen-bond acceptors (Lipinski definition) is 8. The van der Waals surface area contributed by atoms with Crippen LogP contribution in [-0.2, 0) is 16.0 Å². The molecular formula is C32H41N5O7. The highest BCUT2D eigenvalue weighted by atomic mass is 16.6. The van der Waals surface area contributed by atoms with E-state index < -0.39 is 11.6 Å². The summed E-state index contributed by atoms with van der Waals surface area (Å²) < 4.78 is 17.0. The second kappa shape index (κ2) is 13.5. The zero-order chi connectivity index (χ0) is 31.3. The van der Waals surface area contributed by atoms with Crippen LogP contribution in [0.3, 0.4) is 0 Å². The van der Waals surface area contributed by atoms with Crippen LogP contribution in [0.25, 0.3) is 0 Å². The predicted molar refractivity (Wildman–Crippen MR) is 163 cm³/mol. The molecule has 2 aliphatic heterocycles. The monoisotopic (exact) mass is 607 g/mol. The van der Waals surface area contributed by atoms with E-state index in [0.717, 1.165) is 37.1 Å². The lowest BCUT2D eigenvalue weighted by molar-refractivity contribution is -0.00114. The van der Waals surface area contributed by atoms with Crippen molar-refractivity contribution < 1.29 is 33.4 Å². The summed E-state index contributed by atoms with van der Waals surface area (Å²) >= 11 is 0. The van der Waals surface area contributed by atoms with Gasteiger partial charge in [-0.15, -0.1) is 0 Å². The second-order valence-electron chi connectivity index (χ2n) is 11.6. The summed E-state index contributed by atoms with van der Waals surface area (Å²) in [4.78, 5) is 52.6. The smallest absolute Gasteiger partial charge is 0.415 e. The van der Waals surface area contributed by atoms with Gasteiger partial charge < -0.3 is 30.6 Å². The molecule has 236 valence electrons. The van der Waals surface area contributed by atoms with Gasteiger partial charge in [0.15, 0.2) is 0 Å². The number of urea groups is 1. The summed E-state index contributed by atoms with van der Waals surface area (Å²) in [5.74, 6) is 0.511. The summed E-state index contributed by atoms with van der Waals surface area (Å²) in [6.45, 7) is 5.82. The minimum atomic E-state index is -0.595. The Morgan fingerprint density at radius 1 is 1.07 bits per heavy atom. The van der Waals surface area contributed by atoms with Gasteiger partial charge in [0.05, 0.1) is 25.8 Å². The molecule has 12 nitrogen and oxygen atoms in total. The highest BCUT2D eigenvalue weighted by Gasteiger charge is 2.47. The van der Waals surface area contributed by atoms with E-state index in [1.54, 1.807) is 29.2 Å². The zero-order valence-electron chi connectivity index (χ0n) is 25.4. The Hall–Kier alpha value is -4.32. The fourth-order valence-electron chi connectivity index (χ4n) is 5.91. The molecule has 0 unspecified atom stereocenters. The molecule has 4 N–H and O–H groups in total. The van der Waals surface area contributed by atoms with Crippen LogP contribution in [0.1, 0.15) is 76.8 Å². The molecule has 2 saturated heterocycles. The molecule has 0 radical (unpaired) electrons. The number of rotatable bonds is 12. The molecular weight excluding hydrogens is 566 g/mol. The fraction of sp³-hybridized carbons (Fsp3) is 0.500. The van der Waals surface area contributed by atoms with E-state index in [1.807, 2.05) is 13.0 Å². The average molecular weight is 608 g/mol. The number of methoxy groups -OCH3 is 1. The third-order valence-electron chi connectivity index (χ3n) is 8.47. The molecule has 2 heterocycles. The van der Waals surface area contributed by atoms with Crippen LogP contribution in [-0.4, -0.2) is 80.9 Å². The molecule has 1 spiro atoms. The molecule has 0 aromatic heterocycles. The van der Waals surface area contributed by atoms with Gasteiger partial charge in [-0.3, -0.25) is 14.6 Å². The highest BCUT2D eigenvalue weighted by molar-refractivity contribution is 5.96. The lowest BCUT2D eigenvalue weighted by Gasteiger charge is -2.37. The van der Waals surface area contributed by atoms with Gasteiger partial charge in [-0.25, -0.2) is 14.4 Å². The van der Waals surface area contributed by atoms with Crippen LogP contribution in [0.5, 0.6) is 5.75 Å². The normalized spacial score (nSPS) is 17.7. The van der Waals surface area contributed by atoms with Crippen molar-refractivity contribution in [1.82, 2.24) is 15.5 Å². The van der Waals surface area contributed by atoms with E-state index in [-0.39, 0.29) is 18.0 Å². The van der Waals surface area contributed by atoms with Crippen molar-refractivity contribution >= 4 is 29.7 Å². The first-order chi connectivity index (χ1) is 21.2. The maximum atomic E-state index is 12.9. The van der Waals surface area contributed by atoms with E-state index in [0.29, 0.717) is 80.5 Å². The summed E-state index contributed by atoms with van der Waals surface area (Å²) in [5, 5.41) is 5.28. The number of ether oxygens (including phenoxy) is 3. The molecule has 5 rings (SSSR count). The Bertz CT molecular complexity index is 1380. The van der Waals surface area contributed by atoms with Gasteiger partial charge in [0.25, 0.3) is 5.91 Å². The second-order valence-corrected chi connectivity index (χ2v) is 11.6. The largest absolute Gasteiger partial charge is 0.494 e. The molecule has 1 saturated carbocycles. The van der Waals surface area contributed by atoms with Crippen molar-refractivity contribution in [2.75, 3.05) is 51.3 Å². The van der Waals surface area contributed by atoms with Crippen molar-refractivity contribution in [2.45, 2.75) is 57.1 Å². The first kappa shape index (κ1) is 31.1. The van der Waals surface area contributed by atoms with Crippen molar-refractivity contribution in [1.29, 1.82) is 0 Å². The summed E-state index contributed by atoms with van der Waals surface area (Å²) in [7, 11) is 1.40. The first-order valence-electron chi connectivity index (χ1n) is 15.2. The van der Waals surface area contributed by atoms with Crippen LogP contribution in [0.15, 0.2) is 36.4 Å². The first-order valence-corrected chi connectivity index (χ1v) is 15.2. The molecule has 0 atom stereocenters. The predicted octanol–water partition coefficient (Wildman–Crippen LogP) is 3.53. The van der Waals surface area contributed by atoms with Crippen molar-refractivity contribution in [2.24, 2.45) is 5.73 Å². The van der Waals surface area contributed by atoms with Gasteiger partial charge in [-0.1, -0.05) is 0 Å². The molecule has 12 heteroatoms. The van der Waals surface area contributed by atoms with Gasteiger partial charge >= 0.3 is 18.1 Å². The number of anilines is 1. The average Bonchev–Trinajstić information content (AvgIpc) is 3.81. The molecule has 0 bridgehead atoms. The highest BCUT2D eigenvalue weighted by Crippen LogP contribution is 2.44. The maximum Gasteiger partial charge on any atom is 0.415 e. The molecule has 4 amide bonds. The van der Waals surface area contributed by atoms with E-state index >= 15 is 0 Å². The SMILES string of the molecule is CCOc1cc(C(=O)OC)c(C2CC2)cc1CN1CCC2(CC1)CN(c1ccc(C(=O)NCCCNC(N)=O)cc1)C(=O)O2. The van der Waals surface area contributed by atoms with Crippen LogP contribution in [0, 0.1) is 0 Å². The lowest BCUT2D eigenvalue weighted by atomic mass is 9.90. The molecule has 44 heavy (non-hydrogen) atoms. The number of likely N-dealkylation sites (tertiary alicyclic amines) is 1. The fourth-order valence-corrected chi connectivity index (χ4v) is 5.91. The number of benzene rings is 2. The number of piperidine rings is 1. The van der Waals surface area contributed by atoms with Crippen LogP contribution < -0.4 is 26.0 Å². The van der Waals surface area contributed by atoms with Gasteiger partial charge in [0.2, 0.25) is 0 Å². The minimum absolute atomic E-state index is 0.236. The zero-order valence-corrected chi connectivity index (χ0v) is 25.4. The number of hydrogen-bond donors (Lipinski definition) is 3. The molecule has 3 aliphatic rings. The van der Waals surface area contributed by atoms with Gasteiger partial charge in [-0.2, -0.15) is 0 Å². The Morgan fingerprint density at radius 2 is 1.77 bits per heavy atom. The van der Waals surface area contributed by atoms with E-state index in [4.69, 9.17) is 19.9 Å². The minimum Gasteiger partial charge on any atom is -0.494 e. The number of nitrogens with one attached hydrogen (secondary N) is 2. The van der Waals surface area contributed by atoms with Gasteiger partial charge in [0.1, 0.15) is 11.4 Å². The quantitative estimate of drug-likeness (QED) is 0.245. The van der Waals surface area contributed by atoms with Crippen molar-refractivity contribution in [3.8, 4) is 5.75 Å². The van der Waals surface area contributed by atoms with Crippen molar-refractivity contribution in [3.63, 3.8) is 0 Å². The number of primary amides is 1. The number of nitrogens with zero attached hydrogens (tertiary/aromatic N) is 2. The van der Waals surface area contributed by atoms with Crippen LogP contribution in [0.4, 0.5) is 15.3 Å². The summed E-state index contributed by atoms with van der Waals surface area (Å²) in [5.41, 5.74) is 8.28. The number of nitrogens with two attached hydrogens (primary N) is 1. The standard InChI is InChI=1S/C32H41N5O7/c1-3-43-27-18-26(29(39)42-2)25(21-5-6-21)17-23(27)19-36-15-11-32(12-16-36)20-37(31(41)44-32)24-9-7-22(8-10-24)28(38)34-13-4-14-35-30(33)40/h7-10,17-18,21H,3-6,11-16,19-20H2,1-2H3,(H,34,38)(H3,33,35,40). The molecule has 2 aromatic carbocycles. The summed E-state index contributed by atoms with van der Waals surface area (Å²) in [6.07, 6.45) is 3.70.